The van der Waals surface area contributed by atoms with Gasteiger partial charge in [0, 0.05) is 13.6 Å². The maximum Gasteiger partial charge on any atom is 0.101 e. The summed E-state index contributed by atoms with van der Waals surface area (Å²) < 4.78 is 0. The van der Waals surface area contributed by atoms with Gasteiger partial charge in [-0.05, 0) is 38.0 Å². The Morgan fingerprint density at radius 2 is 2.19 bits per heavy atom. The highest BCUT2D eigenvalue weighted by Crippen LogP contribution is 2.20. The number of benzene rings is 1. The molecule has 0 aliphatic rings. The number of aliphatic hydroxyl groups is 1. The third-order valence-electron chi connectivity index (χ3n) is 2.57. The monoisotopic (exact) mass is 218 g/mol. The highest BCUT2D eigenvalue weighted by molar-refractivity contribution is 5.59. The van der Waals surface area contributed by atoms with Crippen molar-refractivity contribution >= 4 is 5.69 Å². The number of nitriles is 1. The van der Waals surface area contributed by atoms with E-state index in [0.29, 0.717) is 12.0 Å². The lowest BCUT2D eigenvalue weighted by atomic mass is 10.1. The average Bonchev–Trinajstić information content (AvgIpc) is 2.25. The van der Waals surface area contributed by atoms with Crippen LogP contribution in [0.15, 0.2) is 18.2 Å². The van der Waals surface area contributed by atoms with E-state index in [0.717, 1.165) is 17.8 Å². The van der Waals surface area contributed by atoms with Crippen molar-refractivity contribution in [1.29, 1.82) is 5.26 Å². The third-order valence-corrected chi connectivity index (χ3v) is 2.57. The van der Waals surface area contributed by atoms with Crippen molar-refractivity contribution in [1.82, 2.24) is 0 Å². The fourth-order valence-electron chi connectivity index (χ4n) is 1.57. The van der Waals surface area contributed by atoms with Gasteiger partial charge in [-0.25, -0.2) is 0 Å². The zero-order chi connectivity index (χ0) is 12.1. The number of aryl methyl sites for hydroxylation is 1. The van der Waals surface area contributed by atoms with Crippen molar-refractivity contribution in [2.75, 3.05) is 18.5 Å². The van der Waals surface area contributed by atoms with Crippen LogP contribution in [0.2, 0.25) is 0 Å². The molecular formula is C13H18N2O. The molecule has 0 heterocycles. The first-order valence-corrected chi connectivity index (χ1v) is 5.44. The van der Waals surface area contributed by atoms with E-state index in [1.807, 2.05) is 37.1 Å². The fraction of sp³-hybridized carbons (Fsp3) is 0.462. The van der Waals surface area contributed by atoms with Crippen molar-refractivity contribution in [3.05, 3.63) is 29.3 Å². The molecular weight excluding hydrogens is 200 g/mol. The van der Waals surface area contributed by atoms with Crippen LogP contribution in [0.4, 0.5) is 5.69 Å². The van der Waals surface area contributed by atoms with E-state index in [9.17, 15) is 5.11 Å². The van der Waals surface area contributed by atoms with Crippen LogP contribution in [0, 0.1) is 18.3 Å². The Kier molecular flexibility index (Phi) is 4.33. The minimum absolute atomic E-state index is 0.307. The molecule has 1 aromatic rings. The molecule has 0 saturated carbocycles. The minimum atomic E-state index is -0.307. The summed E-state index contributed by atoms with van der Waals surface area (Å²) in [5, 5.41) is 18.3. The number of nitrogens with zero attached hydrogens (tertiary/aromatic N) is 2. The van der Waals surface area contributed by atoms with Gasteiger partial charge in [0.15, 0.2) is 0 Å². The van der Waals surface area contributed by atoms with Crippen LogP contribution in [0.3, 0.4) is 0 Å². The van der Waals surface area contributed by atoms with E-state index in [1.54, 1.807) is 6.92 Å². The molecule has 0 aliphatic heterocycles. The average molecular weight is 218 g/mol. The van der Waals surface area contributed by atoms with Crippen LogP contribution in [-0.2, 0) is 0 Å². The Bertz CT molecular complexity index is 393. The topological polar surface area (TPSA) is 47.3 Å². The largest absolute Gasteiger partial charge is 0.393 e. The van der Waals surface area contributed by atoms with Crippen LogP contribution in [0.5, 0.6) is 0 Å². The van der Waals surface area contributed by atoms with E-state index >= 15 is 0 Å². The molecule has 0 fully saturated rings. The summed E-state index contributed by atoms with van der Waals surface area (Å²) in [6, 6.07) is 8.03. The van der Waals surface area contributed by atoms with Gasteiger partial charge in [0.2, 0.25) is 0 Å². The van der Waals surface area contributed by atoms with E-state index in [4.69, 9.17) is 5.26 Å². The molecule has 1 atom stereocenters. The molecule has 0 amide bonds. The first-order chi connectivity index (χ1) is 7.54. The number of aliphatic hydroxyl groups excluding tert-OH is 1. The van der Waals surface area contributed by atoms with Gasteiger partial charge < -0.3 is 10.0 Å². The van der Waals surface area contributed by atoms with E-state index < -0.39 is 0 Å². The third kappa shape index (κ3) is 3.25. The maximum atomic E-state index is 9.23. The van der Waals surface area contributed by atoms with Crippen molar-refractivity contribution in [2.45, 2.75) is 26.4 Å². The summed E-state index contributed by atoms with van der Waals surface area (Å²) in [5.41, 5.74) is 2.70. The van der Waals surface area contributed by atoms with Crippen molar-refractivity contribution in [3.8, 4) is 6.07 Å². The predicted molar refractivity (Wildman–Crippen MR) is 65.5 cm³/mol. The van der Waals surface area contributed by atoms with Gasteiger partial charge in [-0.3, -0.25) is 0 Å². The molecule has 0 spiro atoms. The van der Waals surface area contributed by atoms with Gasteiger partial charge in [-0.1, -0.05) is 6.07 Å². The molecule has 3 heteroatoms. The van der Waals surface area contributed by atoms with Crippen molar-refractivity contribution < 1.29 is 5.11 Å². The zero-order valence-corrected chi connectivity index (χ0v) is 10.1. The Morgan fingerprint density at radius 1 is 1.50 bits per heavy atom. The van der Waals surface area contributed by atoms with Crippen LogP contribution in [0.1, 0.15) is 24.5 Å². The second-order valence-corrected chi connectivity index (χ2v) is 4.19. The molecule has 3 nitrogen and oxygen atoms in total. The molecule has 1 rings (SSSR count). The summed E-state index contributed by atoms with van der Waals surface area (Å²) in [6.45, 7) is 4.49. The summed E-state index contributed by atoms with van der Waals surface area (Å²) in [6.07, 6.45) is 0.397. The Balaban J connectivity index is 2.83. The molecule has 0 radical (unpaired) electrons. The highest BCUT2D eigenvalue weighted by Gasteiger charge is 2.08. The van der Waals surface area contributed by atoms with Crippen molar-refractivity contribution in [2.24, 2.45) is 0 Å². The smallest absolute Gasteiger partial charge is 0.101 e. The van der Waals surface area contributed by atoms with Gasteiger partial charge in [0.25, 0.3) is 0 Å². The summed E-state index contributed by atoms with van der Waals surface area (Å²) >= 11 is 0. The number of hydrogen-bond acceptors (Lipinski definition) is 3. The molecule has 0 aromatic heterocycles. The fourth-order valence-corrected chi connectivity index (χ4v) is 1.57. The number of rotatable bonds is 4. The minimum Gasteiger partial charge on any atom is -0.393 e. The van der Waals surface area contributed by atoms with E-state index in [-0.39, 0.29) is 6.10 Å². The Hall–Kier alpha value is -1.53. The highest BCUT2D eigenvalue weighted by atomic mass is 16.3. The van der Waals surface area contributed by atoms with Gasteiger partial charge in [0.05, 0.1) is 17.4 Å². The molecule has 0 saturated heterocycles. The standard InChI is InChI=1S/C13H18N2O/c1-10-4-5-13(12(8-10)9-14)15(3)7-6-11(2)16/h4-5,8,11,16H,6-7H2,1-3H3. The van der Waals surface area contributed by atoms with Crippen LogP contribution in [0.25, 0.3) is 0 Å². The Labute approximate surface area is 96.9 Å². The van der Waals surface area contributed by atoms with Crippen LogP contribution in [-0.4, -0.2) is 24.8 Å². The normalized spacial score (nSPS) is 11.9. The molecule has 1 aromatic carbocycles. The lowest BCUT2D eigenvalue weighted by Gasteiger charge is -2.21. The molecule has 16 heavy (non-hydrogen) atoms. The SMILES string of the molecule is Cc1ccc(N(C)CCC(C)O)c(C#N)c1. The van der Waals surface area contributed by atoms with E-state index in [2.05, 4.69) is 6.07 Å². The second-order valence-electron chi connectivity index (χ2n) is 4.19. The number of hydrogen-bond donors (Lipinski definition) is 1. The first-order valence-electron chi connectivity index (χ1n) is 5.44. The Morgan fingerprint density at radius 3 is 2.75 bits per heavy atom. The maximum absolute atomic E-state index is 9.23. The predicted octanol–water partition coefficient (Wildman–Crippen LogP) is 2.07. The van der Waals surface area contributed by atoms with Crippen molar-refractivity contribution in [3.63, 3.8) is 0 Å². The quantitative estimate of drug-likeness (QED) is 0.841. The lowest BCUT2D eigenvalue weighted by molar-refractivity contribution is 0.187. The lowest BCUT2D eigenvalue weighted by Crippen LogP contribution is -2.22. The van der Waals surface area contributed by atoms with Gasteiger partial charge in [-0.15, -0.1) is 0 Å². The second kappa shape index (κ2) is 5.53. The van der Waals surface area contributed by atoms with Gasteiger partial charge in [-0.2, -0.15) is 5.26 Å². The summed E-state index contributed by atoms with van der Waals surface area (Å²) in [4.78, 5) is 2.00. The first kappa shape index (κ1) is 12.5. The van der Waals surface area contributed by atoms with E-state index in [1.165, 1.54) is 0 Å². The van der Waals surface area contributed by atoms with Crippen LogP contribution >= 0.6 is 0 Å². The summed E-state index contributed by atoms with van der Waals surface area (Å²) in [7, 11) is 1.94. The van der Waals surface area contributed by atoms with Gasteiger partial charge in [0.1, 0.15) is 6.07 Å². The molecule has 86 valence electrons. The summed E-state index contributed by atoms with van der Waals surface area (Å²) in [5.74, 6) is 0. The molecule has 1 N–H and O–H groups in total. The van der Waals surface area contributed by atoms with Gasteiger partial charge >= 0.3 is 0 Å². The number of anilines is 1. The molecule has 0 bridgehead atoms. The van der Waals surface area contributed by atoms with Crippen LogP contribution < -0.4 is 4.90 Å². The zero-order valence-electron chi connectivity index (χ0n) is 10.1. The molecule has 0 aliphatic carbocycles. The molecule has 1 unspecified atom stereocenters.